The zero-order valence-corrected chi connectivity index (χ0v) is 8.26. The van der Waals surface area contributed by atoms with E-state index in [0.717, 1.165) is 12.8 Å². The molecular weight excluding hydrogens is 172 g/mol. The van der Waals surface area contributed by atoms with Crippen molar-refractivity contribution in [2.24, 2.45) is 5.92 Å². The van der Waals surface area contributed by atoms with Crippen LogP contribution in [0.5, 0.6) is 0 Å². The van der Waals surface area contributed by atoms with Crippen molar-refractivity contribution in [3.63, 3.8) is 0 Å². The summed E-state index contributed by atoms with van der Waals surface area (Å²) in [6, 6.07) is 10.4. The number of rotatable bonds is 2. The van der Waals surface area contributed by atoms with E-state index in [1.165, 1.54) is 5.56 Å². The van der Waals surface area contributed by atoms with Crippen LogP contribution >= 0.6 is 0 Å². The zero-order chi connectivity index (χ0) is 9.80. The third kappa shape index (κ3) is 1.88. The molecule has 0 aliphatic heterocycles. The van der Waals surface area contributed by atoms with E-state index in [0.29, 0.717) is 18.4 Å². The van der Waals surface area contributed by atoms with Crippen molar-refractivity contribution in [3.8, 4) is 0 Å². The standard InChI is InChI=1S/C13H16O/c14-10-12-8-4-5-9-13(12)11-6-2-1-3-7-11/h1-3,5-7,9,12-14H,4,8,10H2/t12-,13+/m1/s1. The molecule has 2 atom stereocenters. The first-order valence-electron chi connectivity index (χ1n) is 5.24. The number of aliphatic hydroxyl groups excluding tert-OH is 1. The summed E-state index contributed by atoms with van der Waals surface area (Å²) in [5.41, 5.74) is 1.32. The number of hydrogen-bond donors (Lipinski definition) is 1. The minimum Gasteiger partial charge on any atom is -0.396 e. The van der Waals surface area contributed by atoms with Gasteiger partial charge in [-0.1, -0.05) is 42.5 Å². The zero-order valence-electron chi connectivity index (χ0n) is 8.26. The highest BCUT2D eigenvalue weighted by molar-refractivity contribution is 5.26. The molecule has 0 bridgehead atoms. The summed E-state index contributed by atoms with van der Waals surface area (Å²) in [6.07, 6.45) is 6.67. The van der Waals surface area contributed by atoms with Crippen LogP contribution in [0.4, 0.5) is 0 Å². The normalized spacial score (nSPS) is 26.4. The third-order valence-electron chi connectivity index (χ3n) is 2.97. The molecule has 1 aliphatic rings. The molecule has 1 nitrogen and oxygen atoms in total. The fourth-order valence-corrected chi connectivity index (χ4v) is 2.15. The fraction of sp³-hybridized carbons (Fsp3) is 0.385. The van der Waals surface area contributed by atoms with Gasteiger partial charge < -0.3 is 5.11 Å². The Hall–Kier alpha value is -1.08. The first-order valence-corrected chi connectivity index (χ1v) is 5.24. The molecule has 0 saturated carbocycles. The Labute approximate surface area is 85.1 Å². The van der Waals surface area contributed by atoms with Crippen LogP contribution in [0.3, 0.4) is 0 Å². The first-order chi connectivity index (χ1) is 6.92. The number of benzene rings is 1. The molecule has 0 saturated heterocycles. The smallest absolute Gasteiger partial charge is 0.0468 e. The van der Waals surface area contributed by atoms with Gasteiger partial charge in [-0.15, -0.1) is 0 Å². The van der Waals surface area contributed by atoms with Gasteiger partial charge in [-0.2, -0.15) is 0 Å². The summed E-state index contributed by atoms with van der Waals surface area (Å²) in [5, 5.41) is 9.29. The van der Waals surface area contributed by atoms with Crippen molar-refractivity contribution in [2.75, 3.05) is 6.61 Å². The molecule has 1 aliphatic carbocycles. The van der Waals surface area contributed by atoms with Crippen LogP contribution in [0.1, 0.15) is 24.3 Å². The Balaban J connectivity index is 2.23. The Morgan fingerprint density at radius 3 is 2.71 bits per heavy atom. The summed E-state index contributed by atoms with van der Waals surface area (Å²) in [5.74, 6) is 0.817. The van der Waals surface area contributed by atoms with Gasteiger partial charge in [0.25, 0.3) is 0 Å². The minimum atomic E-state index is 0.296. The lowest BCUT2D eigenvalue weighted by Gasteiger charge is -2.26. The second-order valence-corrected chi connectivity index (χ2v) is 3.88. The molecule has 74 valence electrons. The summed E-state index contributed by atoms with van der Waals surface area (Å²) < 4.78 is 0. The van der Waals surface area contributed by atoms with Gasteiger partial charge >= 0.3 is 0 Å². The Morgan fingerprint density at radius 1 is 1.21 bits per heavy atom. The van der Waals surface area contributed by atoms with Crippen molar-refractivity contribution in [1.29, 1.82) is 0 Å². The van der Waals surface area contributed by atoms with Crippen LogP contribution in [0.2, 0.25) is 0 Å². The molecule has 0 amide bonds. The lowest BCUT2D eigenvalue weighted by atomic mass is 9.80. The molecule has 0 radical (unpaired) electrons. The van der Waals surface area contributed by atoms with Crippen LogP contribution < -0.4 is 0 Å². The first kappa shape index (κ1) is 9.47. The Morgan fingerprint density at radius 2 is 2.00 bits per heavy atom. The highest BCUT2D eigenvalue weighted by Gasteiger charge is 2.21. The molecule has 0 unspecified atom stereocenters. The van der Waals surface area contributed by atoms with E-state index < -0.39 is 0 Å². The lowest BCUT2D eigenvalue weighted by Crippen LogP contribution is -2.17. The van der Waals surface area contributed by atoms with E-state index in [2.05, 4.69) is 36.4 Å². The van der Waals surface area contributed by atoms with Gasteiger partial charge in [0.05, 0.1) is 0 Å². The maximum atomic E-state index is 9.29. The summed E-state index contributed by atoms with van der Waals surface area (Å²) in [6.45, 7) is 0.296. The van der Waals surface area contributed by atoms with E-state index >= 15 is 0 Å². The largest absolute Gasteiger partial charge is 0.396 e. The lowest BCUT2D eigenvalue weighted by molar-refractivity contribution is 0.204. The molecule has 1 N–H and O–H groups in total. The molecule has 1 heteroatoms. The van der Waals surface area contributed by atoms with Crippen molar-refractivity contribution < 1.29 is 5.11 Å². The van der Waals surface area contributed by atoms with E-state index in [1.807, 2.05) is 6.07 Å². The topological polar surface area (TPSA) is 20.2 Å². The average Bonchev–Trinajstić information content (AvgIpc) is 2.30. The fourth-order valence-electron chi connectivity index (χ4n) is 2.15. The highest BCUT2D eigenvalue weighted by Crippen LogP contribution is 2.32. The second kappa shape index (κ2) is 4.43. The Kier molecular flexibility index (Phi) is 3.00. The summed E-state index contributed by atoms with van der Waals surface area (Å²) >= 11 is 0. The Bertz CT molecular complexity index is 302. The molecule has 0 heterocycles. The number of aliphatic hydroxyl groups is 1. The van der Waals surface area contributed by atoms with Gasteiger partial charge in [-0.3, -0.25) is 0 Å². The number of allylic oxidation sites excluding steroid dienone is 2. The number of hydrogen-bond acceptors (Lipinski definition) is 1. The van der Waals surface area contributed by atoms with Gasteiger partial charge in [0.15, 0.2) is 0 Å². The van der Waals surface area contributed by atoms with Crippen LogP contribution in [-0.4, -0.2) is 11.7 Å². The summed E-state index contributed by atoms with van der Waals surface area (Å²) in [7, 11) is 0. The summed E-state index contributed by atoms with van der Waals surface area (Å²) in [4.78, 5) is 0. The van der Waals surface area contributed by atoms with Crippen molar-refractivity contribution in [2.45, 2.75) is 18.8 Å². The SMILES string of the molecule is OC[C@H]1CCC=C[C@H]1c1ccccc1. The van der Waals surface area contributed by atoms with E-state index in [9.17, 15) is 5.11 Å². The molecule has 2 rings (SSSR count). The maximum Gasteiger partial charge on any atom is 0.0468 e. The predicted octanol–water partition coefficient (Wildman–Crippen LogP) is 2.73. The monoisotopic (exact) mass is 188 g/mol. The van der Waals surface area contributed by atoms with E-state index in [-0.39, 0.29) is 0 Å². The van der Waals surface area contributed by atoms with Crippen molar-refractivity contribution in [1.82, 2.24) is 0 Å². The van der Waals surface area contributed by atoms with Gasteiger partial charge in [0.1, 0.15) is 0 Å². The molecule has 0 spiro atoms. The van der Waals surface area contributed by atoms with Crippen LogP contribution in [0.25, 0.3) is 0 Å². The third-order valence-corrected chi connectivity index (χ3v) is 2.97. The van der Waals surface area contributed by atoms with Gasteiger partial charge in [-0.05, 0) is 24.3 Å². The molecule has 14 heavy (non-hydrogen) atoms. The van der Waals surface area contributed by atoms with Crippen LogP contribution in [-0.2, 0) is 0 Å². The molecule has 0 aromatic heterocycles. The predicted molar refractivity (Wildman–Crippen MR) is 58.1 cm³/mol. The molecule has 1 aromatic rings. The van der Waals surface area contributed by atoms with E-state index in [1.54, 1.807) is 0 Å². The second-order valence-electron chi connectivity index (χ2n) is 3.88. The van der Waals surface area contributed by atoms with E-state index in [4.69, 9.17) is 0 Å². The van der Waals surface area contributed by atoms with Gasteiger partial charge in [0, 0.05) is 12.5 Å². The molecule has 0 fully saturated rings. The molecular formula is C13H16O. The van der Waals surface area contributed by atoms with Gasteiger partial charge in [0.2, 0.25) is 0 Å². The van der Waals surface area contributed by atoms with Gasteiger partial charge in [-0.25, -0.2) is 0 Å². The maximum absolute atomic E-state index is 9.29. The van der Waals surface area contributed by atoms with Crippen LogP contribution in [0, 0.1) is 5.92 Å². The van der Waals surface area contributed by atoms with Crippen LogP contribution in [0.15, 0.2) is 42.5 Å². The highest BCUT2D eigenvalue weighted by atomic mass is 16.3. The van der Waals surface area contributed by atoms with Crippen molar-refractivity contribution in [3.05, 3.63) is 48.0 Å². The molecule has 1 aromatic carbocycles. The average molecular weight is 188 g/mol. The quantitative estimate of drug-likeness (QED) is 0.707. The minimum absolute atomic E-state index is 0.296. The van der Waals surface area contributed by atoms with Crippen molar-refractivity contribution >= 4 is 0 Å².